The Kier molecular flexibility index (Phi) is 5.06. The van der Waals surface area contributed by atoms with Gasteiger partial charge in [-0.1, -0.05) is 59.4 Å². The summed E-state index contributed by atoms with van der Waals surface area (Å²) in [4.78, 5) is 4.91. The van der Waals surface area contributed by atoms with Gasteiger partial charge in [-0.05, 0) is 24.6 Å². The highest BCUT2D eigenvalue weighted by Crippen LogP contribution is 2.13. The maximum absolute atomic E-state index is 5.61. The van der Waals surface area contributed by atoms with Crippen LogP contribution in [0, 0.1) is 11.6 Å². The van der Waals surface area contributed by atoms with Crippen molar-refractivity contribution in [3.8, 4) is 0 Å². The molecule has 0 bridgehead atoms. The van der Waals surface area contributed by atoms with Crippen molar-refractivity contribution in [1.29, 1.82) is 0 Å². The lowest BCUT2D eigenvalue weighted by Gasteiger charge is -2.34. The normalized spacial score (nSPS) is 16.2. The maximum atomic E-state index is 5.61. The highest BCUT2D eigenvalue weighted by atomic mass is 32.1. The maximum Gasteiger partial charge on any atom is 0.135 e. The van der Waals surface area contributed by atoms with Crippen LogP contribution in [0.5, 0.6) is 0 Å². The molecule has 0 aliphatic carbocycles. The van der Waals surface area contributed by atoms with E-state index < -0.39 is 0 Å². The molecule has 2 heterocycles. The van der Waals surface area contributed by atoms with Gasteiger partial charge in [-0.25, -0.2) is 4.68 Å². The van der Waals surface area contributed by atoms with Crippen molar-refractivity contribution in [1.82, 2.24) is 24.8 Å². The highest BCUT2D eigenvalue weighted by Gasteiger charge is 2.18. The molecule has 0 unspecified atom stereocenters. The molecule has 6 heteroatoms. The Morgan fingerprint density at radius 2 is 1.73 bits per heavy atom. The molecule has 26 heavy (non-hydrogen) atoms. The molecule has 0 atom stereocenters. The van der Waals surface area contributed by atoms with Gasteiger partial charge in [0.15, 0.2) is 0 Å². The molecule has 134 valence electrons. The summed E-state index contributed by atoms with van der Waals surface area (Å²) >= 11 is 5.61. The zero-order chi connectivity index (χ0) is 17.9. The lowest BCUT2D eigenvalue weighted by molar-refractivity contribution is 0.0968. The Labute approximate surface area is 158 Å². The third-order valence-corrected chi connectivity index (χ3v) is 5.35. The van der Waals surface area contributed by atoms with Crippen LogP contribution in [-0.2, 0) is 13.2 Å². The van der Waals surface area contributed by atoms with Gasteiger partial charge in [0.1, 0.15) is 4.64 Å². The standard InChI is InChI=1S/C20H23N5S/c1-16-5-4-6-17(13-16)14-23-9-11-24(12-10-23)15-25-20(26)18-7-2-3-8-19(18)21-22-25/h2-8,13H,9-12,14-15H2,1H3. The number of fused-ring (bicyclic) bond motifs is 1. The first-order valence-electron chi connectivity index (χ1n) is 9.02. The Bertz CT molecular complexity index is 960. The van der Waals surface area contributed by atoms with Crippen molar-refractivity contribution in [2.45, 2.75) is 20.1 Å². The molecule has 4 rings (SSSR count). The lowest BCUT2D eigenvalue weighted by atomic mass is 10.1. The van der Waals surface area contributed by atoms with Gasteiger partial charge in [-0.2, -0.15) is 0 Å². The molecule has 5 nitrogen and oxygen atoms in total. The number of aromatic nitrogens is 3. The van der Waals surface area contributed by atoms with Crippen LogP contribution in [0.2, 0.25) is 0 Å². The second kappa shape index (κ2) is 7.61. The third kappa shape index (κ3) is 3.82. The number of nitrogens with zero attached hydrogens (tertiary/aromatic N) is 5. The number of aryl methyl sites for hydroxylation is 1. The first-order chi connectivity index (χ1) is 12.7. The minimum atomic E-state index is 0.703. The second-order valence-electron chi connectivity index (χ2n) is 6.94. The fraction of sp³-hybridized carbons (Fsp3) is 0.350. The lowest BCUT2D eigenvalue weighted by Crippen LogP contribution is -2.46. The van der Waals surface area contributed by atoms with E-state index in [-0.39, 0.29) is 0 Å². The van der Waals surface area contributed by atoms with E-state index in [9.17, 15) is 0 Å². The quantitative estimate of drug-likeness (QED) is 0.664. The third-order valence-electron chi connectivity index (χ3n) is 4.92. The molecule has 0 N–H and O–H groups in total. The summed E-state index contributed by atoms with van der Waals surface area (Å²) in [5.74, 6) is 0. The summed E-state index contributed by atoms with van der Waals surface area (Å²) in [5.41, 5.74) is 3.57. The summed E-state index contributed by atoms with van der Waals surface area (Å²) < 4.78 is 2.60. The van der Waals surface area contributed by atoms with Gasteiger partial charge < -0.3 is 0 Å². The van der Waals surface area contributed by atoms with Gasteiger partial charge in [-0.15, -0.1) is 5.10 Å². The average molecular weight is 366 g/mol. The first kappa shape index (κ1) is 17.3. The van der Waals surface area contributed by atoms with Crippen molar-refractivity contribution in [3.63, 3.8) is 0 Å². The van der Waals surface area contributed by atoms with Crippen LogP contribution in [0.3, 0.4) is 0 Å². The molecular weight excluding hydrogens is 342 g/mol. The monoisotopic (exact) mass is 365 g/mol. The Balaban J connectivity index is 1.38. The summed E-state index contributed by atoms with van der Waals surface area (Å²) in [6, 6.07) is 16.7. The summed E-state index contributed by atoms with van der Waals surface area (Å²) in [5, 5.41) is 9.60. The number of hydrogen-bond donors (Lipinski definition) is 0. The van der Waals surface area contributed by atoms with Crippen LogP contribution in [0.4, 0.5) is 0 Å². The zero-order valence-electron chi connectivity index (χ0n) is 15.0. The van der Waals surface area contributed by atoms with Gasteiger partial charge in [0.2, 0.25) is 0 Å². The van der Waals surface area contributed by atoms with E-state index in [0.717, 1.165) is 48.3 Å². The minimum Gasteiger partial charge on any atom is -0.297 e. The molecule has 0 radical (unpaired) electrons. The van der Waals surface area contributed by atoms with Crippen molar-refractivity contribution in [2.75, 3.05) is 26.2 Å². The van der Waals surface area contributed by atoms with Crippen LogP contribution in [0.25, 0.3) is 10.9 Å². The Morgan fingerprint density at radius 1 is 0.962 bits per heavy atom. The zero-order valence-corrected chi connectivity index (χ0v) is 15.8. The second-order valence-corrected chi connectivity index (χ2v) is 7.32. The Hall–Kier alpha value is -2.15. The van der Waals surface area contributed by atoms with Gasteiger partial charge in [0.05, 0.1) is 12.2 Å². The number of benzene rings is 2. The summed E-state index contributed by atoms with van der Waals surface area (Å²) in [6.45, 7) is 8.02. The molecule has 0 amide bonds. The summed E-state index contributed by atoms with van der Waals surface area (Å²) in [6.07, 6.45) is 0. The predicted molar refractivity (Wildman–Crippen MR) is 106 cm³/mol. The fourth-order valence-corrected chi connectivity index (χ4v) is 3.73. The molecule has 0 saturated carbocycles. The van der Waals surface area contributed by atoms with Gasteiger partial charge in [0.25, 0.3) is 0 Å². The van der Waals surface area contributed by atoms with E-state index in [4.69, 9.17) is 12.2 Å². The van der Waals surface area contributed by atoms with E-state index in [1.54, 1.807) is 0 Å². The van der Waals surface area contributed by atoms with Crippen molar-refractivity contribution < 1.29 is 0 Å². The van der Waals surface area contributed by atoms with Crippen molar-refractivity contribution in [2.24, 2.45) is 0 Å². The summed E-state index contributed by atoms with van der Waals surface area (Å²) in [7, 11) is 0. The molecule has 3 aromatic rings. The largest absolute Gasteiger partial charge is 0.297 e. The van der Waals surface area contributed by atoms with E-state index in [1.807, 2.05) is 28.9 Å². The van der Waals surface area contributed by atoms with Gasteiger partial charge >= 0.3 is 0 Å². The van der Waals surface area contributed by atoms with Crippen LogP contribution in [-0.4, -0.2) is 51.0 Å². The minimum absolute atomic E-state index is 0.703. The van der Waals surface area contributed by atoms with Crippen LogP contribution in [0.1, 0.15) is 11.1 Å². The molecule has 0 spiro atoms. The van der Waals surface area contributed by atoms with Crippen molar-refractivity contribution >= 4 is 23.1 Å². The first-order valence-corrected chi connectivity index (χ1v) is 9.43. The fourth-order valence-electron chi connectivity index (χ4n) is 3.46. The molecule has 1 fully saturated rings. The van der Waals surface area contributed by atoms with Gasteiger partial charge in [-0.3, -0.25) is 9.80 Å². The van der Waals surface area contributed by atoms with E-state index in [1.165, 1.54) is 11.1 Å². The molecule has 2 aromatic carbocycles. The SMILES string of the molecule is Cc1cccc(CN2CCN(Cn3nnc4ccccc4c3=S)CC2)c1. The Morgan fingerprint density at radius 3 is 2.54 bits per heavy atom. The van der Waals surface area contributed by atoms with Gasteiger partial charge in [0, 0.05) is 38.1 Å². The molecule has 1 aromatic heterocycles. The smallest absolute Gasteiger partial charge is 0.135 e. The molecule has 1 saturated heterocycles. The van der Waals surface area contributed by atoms with E-state index in [0.29, 0.717) is 6.67 Å². The molecular formula is C20H23N5S. The predicted octanol–water partition coefficient (Wildman–Crippen LogP) is 3.24. The van der Waals surface area contributed by atoms with Crippen LogP contribution in [0.15, 0.2) is 48.5 Å². The number of piperazine rings is 1. The van der Waals surface area contributed by atoms with Crippen LogP contribution >= 0.6 is 12.2 Å². The van der Waals surface area contributed by atoms with Crippen molar-refractivity contribution in [3.05, 3.63) is 64.3 Å². The average Bonchev–Trinajstić information content (AvgIpc) is 2.66. The highest BCUT2D eigenvalue weighted by molar-refractivity contribution is 7.71. The molecule has 1 aliphatic rings. The number of hydrogen-bond acceptors (Lipinski definition) is 5. The van der Waals surface area contributed by atoms with E-state index >= 15 is 0 Å². The van der Waals surface area contributed by atoms with E-state index in [2.05, 4.69) is 51.3 Å². The molecule has 1 aliphatic heterocycles. The number of rotatable bonds is 4. The van der Waals surface area contributed by atoms with Crippen LogP contribution < -0.4 is 0 Å². The topological polar surface area (TPSA) is 37.2 Å².